The van der Waals surface area contributed by atoms with E-state index in [2.05, 4.69) is 4.52 Å². The summed E-state index contributed by atoms with van der Waals surface area (Å²) in [5.41, 5.74) is 0.896. The predicted octanol–water partition coefficient (Wildman–Crippen LogP) is 0.987. The first-order valence-corrected chi connectivity index (χ1v) is 7.08. The molecule has 1 heterocycles. The van der Waals surface area contributed by atoms with Gasteiger partial charge in [-0.3, -0.25) is 4.52 Å². The van der Waals surface area contributed by atoms with Gasteiger partial charge in [-0.05, 0) is 5.56 Å². The molecule has 0 amide bonds. The fourth-order valence-electron chi connectivity index (χ4n) is 2.05. The zero-order chi connectivity index (χ0) is 13.2. The van der Waals surface area contributed by atoms with Gasteiger partial charge in [0.25, 0.3) is 0 Å². The Labute approximate surface area is 104 Å². The minimum Gasteiger partial charge on any atom is -0.394 e. The summed E-state index contributed by atoms with van der Waals surface area (Å²) in [7, 11) is -4.57. The molecule has 1 aliphatic heterocycles. The van der Waals surface area contributed by atoms with Crippen LogP contribution in [0.4, 0.5) is 0 Å². The van der Waals surface area contributed by atoms with E-state index in [0.717, 1.165) is 5.56 Å². The topological polar surface area (TPSA) is 96.2 Å². The highest BCUT2D eigenvalue weighted by Crippen LogP contribution is 2.44. The van der Waals surface area contributed by atoms with Crippen LogP contribution in [0.5, 0.6) is 0 Å². The van der Waals surface area contributed by atoms with Crippen LogP contribution in [-0.4, -0.2) is 33.7 Å². The average molecular weight is 274 g/mol. The Balaban J connectivity index is 2.09. The molecular formula is C11H15O6P. The van der Waals surface area contributed by atoms with Gasteiger partial charge in [0, 0.05) is 6.42 Å². The third-order valence-corrected chi connectivity index (χ3v) is 3.37. The fraction of sp³-hybridized carbons (Fsp3) is 0.455. The zero-order valence-corrected chi connectivity index (χ0v) is 10.4. The first kappa shape index (κ1) is 13.7. The molecule has 0 bridgehead atoms. The van der Waals surface area contributed by atoms with Gasteiger partial charge in [-0.25, -0.2) is 4.57 Å². The summed E-state index contributed by atoms with van der Waals surface area (Å²) in [6.07, 6.45) is -1.54. The lowest BCUT2D eigenvalue weighted by atomic mass is 10.1. The number of phosphoric ester groups is 1. The first-order chi connectivity index (χ1) is 8.49. The van der Waals surface area contributed by atoms with Crippen molar-refractivity contribution < 1.29 is 28.7 Å². The molecule has 7 heteroatoms. The largest absolute Gasteiger partial charge is 0.469 e. The summed E-state index contributed by atoms with van der Waals surface area (Å²) in [5, 5.41) is 9.14. The molecule has 1 aliphatic rings. The highest BCUT2D eigenvalue weighted by atomic mass is 31.2. The SMILES string of the molecule is O=P(O)(O)O[C@H]1C[C@H](c2ccccc2)O[C@@H]1CO. The Kier molecular flexibility index (Phi) is 4.17. The van der Waals surface area contributed by atoms with Gasteiger partial charge >= 0.3 is 7.82 Å². The molecule has 1 aromatic carbocycles. The van der Waals surface area contributed by atoms with Crippen molar-refractivity contribution in [2.24, 2.45) is 0 Å². The number of rotatable bonds is 4. The molecule has 18 heavy (non-hydrogen) atoms. The van der Waals surface area contributed by atoms with E-state index in [1.807, 2.05) is 30.3 Å². The second-order valence-corrected chi connectivity index (χ2v) is 5.32. The van der Waals surface area contributed by atoms with Crippen molar-refractivity contribution in [3.05, 3.63) is 35.9 Å². The van der Waals surface area contributed by atoms with Crippen LogP contribution in [0.2, 0.25) is 0 Å². The van der Waals surface area contributed by atoms with Crippen molar-refractivity contribution in [2.75, 3.05) is 6.61 Å². The van der Waals surface area contributed by atoms with Crippen molar-refractivity contribution >= 4 is 7.82 Å². The summed E-state index contributed by atoms with van der Waals surface area (Å²) in [6, 6.07) is 9.29. The van der Waals surface area contributed by atoms with Crippen LogP contribution < -0.4 is 0 Å². The highest BCUT2D eigenvalue weighted by molar-refractivity contribution is 7.46. The second-order valence-electron chi connectivity index (χ2n) is 4.13. The Morgan fingerprint density at radius 2 is 2.00 bits per heavy atom. The fourth-order valence-corrected chi connectivity index (χ4v) is 2.62. The van der Waals surface area contributed by atoms with Gasteiger partial charge in [0.05, 0.1) is 12.7 Å². The number of benzene rings is 1. The zero-order valence-electron chi connectivity index (χ0n) is 9.55. The van der Waals surface area contributed by atoms with Gasteiger partial charge in [0.2, 0.25) is 0 Å². The third-order valence-electron chi connectivity index (χ3n) is 2.82. The van der Waals surface area contributed by atoms with Gasteiger partial charge in [0.15, 0.2) is 0 Å². The molecule has 0 saturated carbocycles. The molecule has 0 aromatic heterocycles. The van der Waals surface area contributed by atoms with Gasteiger partial charge in [-0.15, -0.1) is 0 Å². The Bertz CT molecular complexity index is 430. The summed E-state index contributed by atoms with van der Waals surface area (Å²) >= 11 is 0. The molecular weight excluding hydrogens is 259 g/mol. The molecule has 0 spiro atoms. The van der Waals surface area contributed by atoms with Crippen LogP contribution in [0.3, 0.4) is 0 Å². The van der Waals surface area contributed by atoms with Crippen molar-refractivity contribution in [3.8, 4) is 0 Å². The number of aliphatic hydroxyl groups excluding tert-OH is 1. The number of ether oxygens (including phenoxy) is 1. The van der Waals surface area contributed by atoms with E-state index in [-0.39, 0.29) is 12.7 Å². The summed E-state index contributed by atoms with van der Waals surface area (Å²) in [5.74, 6) is 0. The molecule has 3 atom stereocenters. The molecule has 1 fully saturated rings. The third kappa shape index (κ3) is 3.38. The van der Waals surface area contributed by atoms with Gasteiger partial charge in [-0.2, -0.15) is 0 Å². The van der Waals surface area contributed by atoms with E-state index < -0.39 is 20.0 Å². The van der Waals surface area contributed by atoms with Crippen LogP contribution in [0.1, 0.15) is 18.1 Å². The molecule has 3 N–H and O–H groups in total. The predicted molar refractivity (Wildman–Crippen MR) is 62.7 cm³/mol. The molecule has 0 radical (unpaired) electrons. The van der Waals surface area contributed by atoms with E-state index in [1.54, 1.807) is 0 Å². The first-order valence-electron chi connectivity index (χ1n) is 5.55. The van der Waals surface area contributed by atoms with E-state index in [0.29, 0.717) is 6.42 Å². The van der Waals surface area contributed by atoms with Gasteiger partial charge in [0.1, 0.15) is 12.2 Å². The quantitative estimate of drug-likeness (QED) is 0.708. The Morgan fingerprint density at radius 1 is 1.33 bits per heavy atom. The number of hydrogen-bond donors (Lipinski definition) is 3. The van der Waals surface area contributed by atoms with Crippen molar-refractivity contribution in [3.63, 3.8) is 0 Å². The monoisotopic (exact) mass is 274 g/mol. The van der Waals surface area contributed by atoms with E-state index in [9.17, 15) is 4.57 Å². The van der Waals surface area contributed by atoms with Gasteiger partial charge in [-0.1, -0.05) is 30.3 Å². The summed E-state index contributed by atoms with van der Waals surface area (Å²) in [4.78, 5) is 17.6. The number of phosphoric acid groups is 1. The lowest BCUT2D eigenvalue weighted by Crippen LogP contribution is -2.26. The van der Waals surface area contributed by atoms with Crippen LogP contribution in [-0.2, 0) is 13.8 Å². The highest BCUT2D eigenvalue weighted by Gasteiger charge is 2.39. The minimum absolute atomic E-state index is 0.306. The van der Waals surface area contributed by atoms with Gasteiger partial charge < -0.3 is 19.6 Å². The van der Waals surface area contributed by atoms with Crippen LogP contribution >= 0.6 is 7.82 Å². The van der Waals surface area contributed by atoms with Crippen molar-refractivity contribution in [1.29, 1.82) is 0 Å². The standard InChI is InChI=1S/C11H15O6P/c12-7-11-10(17-18(13,14)15)6-9(16-11)8-4-2-1-3-5-8/h1-5,9-12H,6-7H2,(H2,13,14,15)/t9-,10+,11-/m1/s1. The Hall–Kier alpha value is -0.750. The van der Waals surface area contributed by atoms with E-state index in [1.165, 1.54) is 0 Å². The smallest absolute Gasteiger partial charge is 0.394 e. The molecule has 0 unspecified atom stereocenters. The molecule has 1 saturated heterocycles. The molecule has 0 aliphatic carbocycles. The lowest BCUT2D eigenvalue weighted by Gasteiger charge is -2.16. The number of hydrogen-bond acceptors (Lipinski definition) is 4. The van der Waals surface area contributed by atoms with Crippen LogP contribution in [0.15, 0.2) is 30.3 Å². The molecule has 1 aromatic rings. The number of aliphatic hydroxyl groups is 1. The van der Waals surface area contributed by atoms with Crippen molar-refractivity contribution in [2.45, 2.75) is 24.7 Å². The lowest BCUT2D eigenvalue weighted by molar-refractivity contribution is -0.0221. The van der Waals surface area contributed by atoms with Crippen LogP contribution in [0.25, 0.3) is 0 Å². The maximum atomic E-state index is 10.8. The summed E-state index contributed by atoms with van der Waals surface area (Å²) in [6.45, 7) is -0.339. The summed E-state index contributed by atoms with van der Waals surface area (Å²) < 4.78 is 21.0. The molecule has 100 valence electrons. The Morgan fingerprint density at radius 3 is 2.56 bits per heavy atom. The maximum Gasteiger partial charge on any atom is 0.469 e. The maximum absolute atomic E-state index is 10.8. The molecule has 6 nitrogen and oxygen atoms in total. The minimum atomic E-state index is -4.57. The molecule has 2 rings (SSSR count). The van der Waals surface area contributed by atoms with Crippen molar-refractivity contribution in [1.82, 2.24) is 0 Å². The van der Waals surface area contributed by atoms with E-state index in [4.69, 9.17) is 19.6 Å². The second kappa shape index (κ2) is 5.48. The average Bonchev–Trinajstić information content (AvgIpc) is 2.71. The van der Waals surface area contributed by atoms with E-state index >= 15 is 0 Å². The normalized spacial score (nSPS) is 28.5. The van der Waals surface area contributed by atoms with Crippen LogP contribution in [0, 0.1) is 0 Å².